The molecule has 1 aliphatic heterocycles. The molecule has 0 bridgehead atoms. The summed E-state index contributed by atoms with van der Waals surface area (Å²) in [6.45, 7) is 11.6. The number of aromatic nitrogens is 4. The van der Waals surface area contributed by atoms with Gasteiger partial charge in [-0.2, -0.15) is 10.00 Å². The van der Waals surface area contributed by atoms with Crippen LogP contribution in [0.2, 0.25) is 5.02 Å². The quantitative estimate of drug-likeness (QED) is 0.242. The molecular weight excluding hydrogens is 639 g/mol. The lowest BCUT2D eigenvalue weighted by molar-refractivity contribution is 0.0430. The van der Waals surface area contributed by atoms with Crippen molar-refractivity contribution in [2.24, 2.45) is 0 Å². The molecule has 1 aromatic carbocycles. The van der Waals surface area contributed by atoms with Crippen LogP contribution in [0.1, 0.15) is 52.8 Å². The Labute approximate surface area is 270 Å². The Bertz CT molecular complexity index is 1960. The molecule has 4 aromatic rings. The van der Waals surface area contributed by atoms with E-state index in [4.69, 9.17) is 21.1 Å². The fourth-order valence-corrected chi connectivity index (χ4v) is 6.37. The van der Waals surface area contributed by atoms with Crippen molar-refractivity contribution in [1.29, 1.82) is 0 Å². The predicted molar refractivity (Wildman–Crippen MR) is 173 cm³/mol. The average molecular weight is 673 g/mol. The Balaban J connectivity index is 1.55. The number of hydrogen-bond donors (Lipinski definition) is 1. The van der Waals surface area contributed by atoms with E-state index in [0.29, 0.717) is 34.4 Å². The smallest absolute Gasteiger partial charge is 0.424 e. The van der Waals surface area contributed by atoms with Crippen molar-refractivity contribution in [2.45, 2.75) is 72.0 Å². The number of imide groups is 1. The minimum Gasteiger partial charge on any atom is -0.443 e. The predicted octanol–water partition coefficient (Wildman–Crippen LogP) is 6.94. The van der Waals surface area contributed by atoms with Crippen LogP contribution in [0.4, 0.5) is 31.3 Å². The number of nitrogens with zero attached hydrogens (tertiary/aromatic N) is 5. The third kappa shape index (κ3) is 7.07. The molecule has 0 atom stereocenters. The molecule has 15 heteroatoms. The van der Waals surface area contributed by atoms with Gasteiger partial charge in [-0.1, -0.05) is 11.6 Å². The number of carbonyl (C=O) groups excluding carboxylic acids is 2. The number of benzene rings is 1. The average Bonchev–Trinajstić information content (AvgIpc) is 3.30. The maximum Gasteiger partial charge on any atom is 0.424 e. The largest absolute Gasteiger partial charge is 0.443 e. The number of carbonyl (C=O) groups is 2. The summed E-state index contributed by atoms with van der Waals surface area (Å²) in [7, 11) is -3.22. The van der Waals surface area contributed by atoms with Crippen LogP contribution in [0.3, 0.4) is 0 Å². The van der Waals surface area contributed by atoms with Crippen molar-refractivity contribution in [3.05, 3.63) is 58.9 Å². The van der Waals surface area contributed by atoms with Crippen LogP contribution < -0.4 is 10.2 Å². The van der Waals surface area contributed by atoms with Gasteiger partial charge >= 0.3 is 12.2 Å². The molecule has 0 fully saturated rings. The highest BCUT2D eigenvalue weighted by atomic mass is 35.5. The molecule has 46 heavy (non-hydrogen) atoms. The van der Waals surface area contributed by atoms with E-state index in [1.807, 2.05) is 0 Å². The van der Waals surface area contributed by atoms with Gasteiger partial charge in [0, 0.05) is 47.1 Å². The second-order valence-corrected chi connectivity index (χ2v) is 15.5. The summed E-state index contributed by atoms with van der Waals surface area (Å²) in [5, 5.41) is 8.09. The highest BCUT2D eigenvalue weighted by molar-refractivity contribution is 7.90. The van der Waals surface area contributed by atoms with E-state index in [1.165, 1.54) is 23.3 Å². The topological polar surface area (TPSA) is 146 Å². The summed E-state index contributed by atoms with van der Waals surface area (Å²) in [6, 6.07) is 4.97. The minimum atomic E-state index is -3.22. The van der Waals surface area contributed by atoms with Crippen molar-refractivity contribution in [2.75, 3.05) is 16.0 Å². The van der Waals surface area contributed by atoms with Crippen molar-refractivity contribution in [3.63, 3.8) is 0 Å². The monoisotopic (exact) mass is 672 g/mol. The maximum atomic E-state index is 15.9. The van der Waals surface area contributed by atoms with Crippen molar-refractivity contribution in [3.8, 4) is 11.1 Å². The van der Waals surface area contributed by atoms with E-state index < -0.39 is 39.0 Å². The van der Waals surface area contributed by atoms with Crippen LogP contribution in [0.25, 0.3) is 21.9 Å². The second-order valence-electron chi connectivity index (χ2n) is 12.9. The van der Waals surface area contributed by atoms with Crippen LogP contribution in [0, 0.1) is 12.7 Å². The Hall–Kier alpha value is -4.30. The number of amides is 2. The second kappa shape index (κ2) is 11.8. The first-order valence-corrected chi connectivity index (χ1v) is 16.5. The Morgan fingerprint density at radius 1 is 0.978 bits per heavy atom. The molecule has 0 unspecified atom stereocenters. The summed E-state index contributed by atoms with van der Waals surface area (Å²) in [4.78, 5) is 35.9. The van der Waals surface area contributed by atoms with Gasteiger partial charge in [-0.05, 0) is 71.5 Å². The van der Waals surface area contributed by atoms with Gasteiger partial charge in [0.25, 0.3) is 0 Å². The van der Waals surface area contributed by atoms with Gasteiger partial charge in [-0.15, -0.1) is 0 Å². The van der Waals surface area contributed by atoms with Crippen LogP contribution in [0.5, 0.6) is 0 Å². The molecule has 0 radical (unpaired) electrons. The highest BCUT2D eigenvalue weighted by Crippen LogP contribution is 2.39. The molecule has 3 aromatic heterocycles. The maximum absolute atomic E-state index is 15.9. The fraction of sp³-hybridized carbons (Fsp3) is 0.387. The first-order chi connectivity index (χ1) is 21.3. The zero-order valence-corrected chi connectivity index (χ0v) is 28.0. The lowest BCUT2D eigenvalue weighted by Gasteiger charge is -2.29. The standard InChI is InChI=1S/C31H34ClFN6O6S/c1-17-21(13-34-15-23(17)39(28(40)44-30(2,3)4)29(41)45-31(5,6)7)20-10-18-11-24(35-14-22(18)26(32)27(20)33)36-25-12-19-8-9-46(42,43)16-38(19)37-25/h10-15H,8-9,16H2,1-7H3,(H,35,36,37). The molecule has 0 spiro atoms. The number of sulfone groups is 1. The zero-order chi connectivity index (χ0) is 33.8. The summed E-state index contributed by atoms with van der Waals surface area (Å²) in [6.07, 6.45) is 2.51. The number of ether oxygens (including phenoxy) is 2. The van der Waals surface area contributed by atoms with Gasteiger partial charge < -0.3 is 14.8 Å². The van der Waals surface area contributed by atoms with E-state index in [0.717, 1.165) is 10.6 Å². The molecule has 244 valence electrons. The number of anilines is 3. The molecule has 1 N–H and O–H groups in total. The SMILES string of the molecule is Cc1c(-c2cc3cc(Nc4cc5n(n4)CS(=O)(=O)CC5)ncc3c(Cl)c2F)cncc1N(C(=O)OC(C)(C)C)C(=O)OC(C)(C)C. The number of nitrogens with one attached hydrogen (secondary N) is 1. The molecule has 0 aliphatic carbocycles. The molecule has 1 aliphatic rings. The molecule has 0 saturated carbocycles. The Kier molecular flexibility index (Phi) is 8.49. The summed E-state index contributed by atoms with van der Waals surface area (Å²) < 4.78 is 52.3. The number of aryl methyl sites for hydroxylation is 1. The Morgan fingerprint density at radius 2 is 1.63 bits per heavy atom. The lowest BCUT2D eigenvalue weighted by atomic mass is 9.98. The van der Waals surface area contributed by atoms with Gasteiger partial charge in [0.05, 0.1) is 22.7 Å². The van der Waals surface area contributed by atoms with Gasteiger partial charge in [0.1, 0.15) is 28.7 Å². The third-order valence-corrected chi connectivity index (χ3v) is 8.71. The van der Waals surface area contributed by atoms with Gasteiger partial charge in [0.2, 0.25) is 0 Å². The Morgan fingerprint density at radius 3 is 2.26 bits per heavy atom. The van der Waals surface area contributed by atoms with Crippen LogP contribution in [-0.2, 0) is 31.6 Å². The molecule has 5 rings (SSSR count). The van der Waals surface area contributed by atoms with E-state index in [-0.39, 0.29) is 33.5 Å². The number of rotatable bonds is 4. The van der Waals surface area contributed by atoms with Crippen molar-refractivity contribution < 1.29 is 31.9 Å². The van der Waals surface area contributed by atoms with Crippen molar-refractivity contribution in [1.82, 2.24) is 19.7 Å². The van der Waals surface area contributed by atoms with Gasteiger partial charge in [0.15, 0.2) is 15.7 Å². The first kappa shape index (κ1) is 33.1. The highest BCUT2D eigenvalue weighted by Gasteiger charge is 2.34. The molecule has 12 nitrogen and oxygen atoms in total. The normalized spacial score (nSPS) is 14.5. The van der Waals surface area contributed by atoms with E-state index in [9.17, 15) is 18.0 Å². The zero-order valence-electron chi connectivity index (χ0n) is 26.4. The van der Waals surface area contributed by atoms with Crippen LogP contribution >= 0.6 is 11.6 Å². The van der Waals surface area contributed by atoms with Crippen LogP contribution in [-0.4, -0.2) is 57.3 Å². The van der Waals surface area contributed by atoms with E-state index >= 15 is 4.39 Å². The summed E-state index contributed by atoms with van der Waals surface area (Å²) >= 11 is 6.50. The number of halogens is 2. The van der Waals surface area contributed by atoms with Gasteiger partial charge in [-0.25, -0.2) is 27.4 Å². The number of fused-ring (bicyclic) bond motifs is 2. The van der Waals surface area contributed by atoms with Crippen LogP contribution in [0.15, 0.2) is 36.8 Å². The number of pyridine rings is 2. The van der Waals surface area contributed by atoms with E-state index in [1.54, 1.807) is 66.7 Å². The third-order valence-electron chi connectivity index (χ3n) is 6.88. The molecular formula is C31H34ClFN6O6S. The van der Waals surface area contributed by atoms with E-state index in [2.05, 4.69) is 20.4 Å². The lowest BCUT2D eigenvalue weighted by Crippen LogP contribution is -2.44. The fourth-order valence-electron chi connectivity index (χ4n) is 4.86. The molecule has 2 amide bonds. The first-order valence-electron chi connectivity index (χ1n) is 14.3. The van der Waals surface area contributed by atoms with Gasteiger partial charge in [-0.3, -0.25) is 9.67 Å². The molecule has 0 saturated heterocycles. The molecule has 4 heterocycles. The minimum absolute atomic E-state index is 0.0412. The summed E-state index contributed by atoms with van der Waals surface area (Å²) in [5.41, 5.74) is -0.363. The summed E-state index contributed by atoms with van der Waals surface area (Å²) in [5.74, 6) is -0.113. The number of hydrogen-bond acceptors (Lipinski definition) is 10. The van der Waals surface area contributed by atoms with Crippen molar-refractivity contribution >= 4 is 61.7 Å².